The van der Waals surface area contributed by atoms with E-state index in [9.17, 15) is 19.2 Å². The van der Waals surface area contributed by atoms with E-state index in [4.69, 9.17) is 0 Å². The van der Waals surface area contributed by atoms with Gasteiger partial charge in [-0.2, -0.15) is 0 Å². The molecule has 0 aromatic heterocycles. The van der Waals surface area contributed by atoms with Crippen LogP contribution < -0.4 is 10.6 Å². The Morgan fingerprint density at radius 3 is 0.925 bits per heavy atom. The van der Waals surface area contributed by atoms with Crippen molar-refractivity contribution in [1.82, 2.24) is 20.4 Å². The monoisotopic (exact) mass is 530 g/mol. The first-order chi connectivity index (χ1) is 19.5. The van der Waals surface area contributed by atoms with Crippen LogP contribution in [0.3, 0.4) is 0 Å². The number of hydrogen-bond donors (Lipinski definition) is 2. The minimum atomic E-state index is -1.42. The van der Waals surface area contributed by atoms with Crippen LogP contribution in [-0.2, 0) is 20.7 Å². The molecule has 8 heteroatoms. The molecule has 0 saturated carbocycles. The molecule has 4 aromatic carbocycles. The maximum atomic E-state index is 14.0. The van der Waals surface area contributed by atoms with Crippen molar-refractivity contribution >= 4 is 23.9 Å². The highest BCUT2D eigenvalue weighted by Gasteiger charge is 2.56. The fourth-order valence-corrected chi connectivity index (χ4v) is 5.63. The van der Waals surface area contributed by atoms with Gasteiger partial charge >= 0.3 is 12.1 Å². The zero-order valence-corrected chi connectivity index (χ0v) is 21.5. The van der Waals surface area contributed by atoms with Gasteiger partial charge in [-0.15, -0.1) is 0 Å². The third kappa shape index (κ3) is 3.76. The Balaban J connectivity index is 1.31. The van der Waals surface area contributed by atoms with Crippen LogP contribution in [0.15, 0.2) is 121 Å². The lowest BCUT2D eigenvalue weighted by Gasteiger charge is -2.29. The van der Waals surface area contributed by atoms with Crippen molar-refractivity contribution in [3.8, 4) is 0 Å². The van der Waals surface area contributed by atoms with Crippen molar-refractivity contribution in [3.63, 3.8) is 0 Å². The van der Waals surface area contributed by atoms with Crippen molar-refractivity contribution in [2.45, 2.75) is 11.1 Å². The predicted molar refractivity (Wildman–Crippen MR) is 148 cm³/mol. The first-order valence-electron chi connectivity index (χ1n) is 13.0. The van der Waals surface area contributed by atoms with Crippen LogP contribution in [0.1, 0.15) is 22.3 Å². The molecule has 2 saturated heterocycles. The van der Waals surface area contributed by atoms with E-state index >= 15 is 0 Å². The number of carbonyl (C=O) groups is 4. The number of carbonyl (C=O) groups excluding carboxylic acids is 4. The highest BCUT2D eigenvalue weighted by Crippen LogP contribution is 2.38. The number of nitrogens with one attached hydrogen (secondary N) is 2. The second-order valence-electron chi connectivity index (χ2n) is 9.74. The first-order valence-corrected chi connectivity index (χ1v) is 13.0. The molecule has 0 unspecified atom stereocenters. The largest absolute Gasteiger partial charge is 0.325 e. The third-order valence-electron chi connectivity index (χ3n) is 7.59. The van der Waals surface area contributed by atoms with Crippen LogP contribution in [0, 0.1) is 0 Å². The van der Waals surface area contributed by atoms with Gasteiger partial charge in [-0.05, 0) is 22.3 Å². The Morgan fingerprint density at radius 2 is 0.675 bits per heavy atom. The average molecular weight is 531 g/mol. The quantitative estimate of drug-likeness (QED) is 0.353. The molecule has 6 rings (SSSR count). The van der Waals surface area contributed by atoms with Gasteiger partial charge in [0.2, 0.25) is 0 Å². The lowest BCUT2D eigenvalue weighted by Crippen LogP contribution is -2.47. The fraction of sp³-hybridized carbons (Fsp3) is 0.125. The maximum Gasteiger partial charge on any atom is 0.325 e. The molecule has 0 bridgehead atoms. The van der Waals surface area contributed by atoms with Gasteiger partial charge in [-0.3, -0.25) is 19.4 Å². The molecule has 2 N–H and O–H groups in total. The van der Waals surface area contributed by atoms with Gasteiger partial charge in [0.1, 0.15) is 0 Å². The molecule has 0 aliphatic carbocycles. The fourth-order valence-electron chi connectivity index (χ4n) is 5.63. The van der Waals surface area contributed by atoms with Crippen molar-refractivity contribution < 1.29 is 19.2 Å². The summed E-state index contributed by atoms with van der Waals surface area (Å²) < 4.78 is 0. The van der Waals surface area contributed by atoms with E-state index in [1.807, 2.05) is 72.8 Å². The molecule has 198 valence electrons. The molecular weight excluding hydrogens is 504 g/mol. The zero-order valence-electron chi connectivity index (χ0n) is 21.5. The highest BCUT2D eigenvalue weighted by molar-refractivity contribution is 6.11. The number of amides is 6. The van der Waals surface area contributed by atoms with Crippen molar-refractivity contribution in [2.24, 2.45) is 0 Å². The number of rotatable bonds is 7. The molecular formula is C32H26N4O4. The van der Waals surface area contributed by atoms with E-state index in [1.54, 1.807) is 48.5 Å². The highest BCUT2D eigenvalue weighted by atomic mass is 16.2. The first kappa shape index (κ1) is 25.1. The van der Waals surface area contributed by atoms with Crippen LogP contribution in [0.5, 0.6) is 0 Å². The summed E-state index contributed by atoms with van der Waals surface area (Å²) in [5.74, 6) is -0.946. The van der Waals surface area contributed by atoms with E-state index in [1.165, 1.54) is 0 Å². The lowest BCUT2D eigenvalue weighted by molar-refractivity contribution is -0.133. The van der Waals surface area contributed by atoms with E-state index in [0.29, 0.717) is 22.3 Å². The number of hydrogen-bond acceptors (Lipinski definition) is 4. The summed E-state index contributed by atoms with van der Waals surface area (Å²) in [5, 5.41) is 5.80. The SMILES string of the molecule is O=C1NC(c2ccccc2)(c2ccccc2)C(=O)N1CCN1C(=O)NC(c2ccccc2)(c2ccccc2)C1=O. The summed E-state index contributed by atoms with van der Waals surface area (Å²) in [7, 11) is 0. The van der Waals surface area contributed by atoms with Crippen molar-refractivity contribution in [1.29, 1.82) is 0 Å². The standard InChI is InChI=1S/C32H26N4O4/c37-27-31(23-13-5-1-6-14-23,24-15-7-2-8-16-24)33-29(39)35(27)21-22-36-28(38)32(34-30(36)40,25-17-9-3-10-18-25)26-19-11-4-12-20-26/h1-20H,21-22H2,(H,33,39)(H,34,40). The molecule has 8 nitrogen and oxygen atoms in total. The molecule has 2 heterocycles. The summed E-state index contributed by atoms with van der Waals surface area (Å²) in [4.78, 5) is 56.7. The van der Waals surface area contributed by atoms with E-state index in [0.717, 1.165) is 9.80 Å². The smallest absolute Gasteiger partial charge is 0.315 e. The van der Waals surface area contributed by atoms with Gasteiger partial charge in [-0.1, -0.05) is 121 Å². The summed E-state index contributed by atoms with van der Waals surface area (Å²) >= 11 is 0. The van der Waals surface area contributed by atoms with E-state index < -0.39 is 35.0 Å². The van der Waals surface area contributed by atoms with Crippen LogP contribution >= 0.6 is 0 Å². The summed E-state index contributed by atoms with van der Waals surface area (Å²) in [5.41, 5.74) is -0.384. The zero-order chi connectivity index (χ0) is 27.7. The number of benzene rings is 4. The number of urea groups is 2. The Morgan fingerprint density at radius 1 is 0.425 bits per heavy atom. The molecule has 2 aliphatic rings. The second-order valence-corrected chi connectivity index (χ2v) is 9.74. The van der Waals surface area contributed by atoms with Crippen molar-refractivity contribution in [3.05, 3.63) is 144 Å². The van der Waals surface area contributed by atoms with Gasteiger partial charge in [0.25, 0.3) is 11.8 Å². The van der Waals surface area contributed by atoms with Crippen LogP contribution in [0.25, 0.3) is 0 Å². The van der Waals surface area contributed by atoms with E-state index in [2.05, 4.69) is 10.6 Å². The molecule has 0 atom stereocenters. The number of nitrogens with zero attached hydrogens (tertiary/aromatic N) is 2. The topological polar surface area (TPSA) is 98.8 Å². The van der Waals surface area contributed by atoms with Gasteiger partial charge in [0, 0.05) is 13.1 Å². The van der Waals surface area contributed by atoms with Gasteiger partial charge in [0.05, 0.1) is 0 Å². The Kier molecular flexibility index (Phi) is 6.15. The minimum absolute atomic E-state index is 0.162. The molecule has 4 aromatic rings. The lowest BCUT2D eigenvalue weighted by atomic mass is 9.82. The molecule has 2 aliphatic heterocycles. The second kappa shape index (κ2) is 9.81. The normalized spacial score (nSPS) is 17.6. The molecule has 6 amide bonds. The molecule has 2 fully saturated rings. The molecule has 0 spiro atoms. The van der Waals surface area contributed by atoms with Crippen LogP contribution in [-0.4, -0.2) is 46.8 Å². The third-order valence-corrected chi connectivity index (χ3v) is 7.59. The van der Waals surface area contributed by atoms with Crippen molar-refractivity contribution in [2.75, 3.05) is 13.1 Å². The Hall–Kier alpha value is -5.24. The average Bonchev–Trinajstić information content (AvgIpc) is 3.42. The van der Waals surface area contributed by atoms with Crippen LogP contribution in [0.4, 0.5) is 9.59 Å². The minimum Gasteiger partial charge on any atom is -0.315 e. The maximum absolute atomic E-state index is 14.0. The van der Waals surface area contributed by atoms with Gasteiger partial charge < -0.3 is 10.6 Å². The van der Waals surface area contributed by atoms with E-state index in [-0.39, 0.29) is 13.1 Å². The summed E-state index contributed by atoms with van der Waals surface area (Å²) in [6.07, 6.45) is 0. The van der Waals surface area contributed by atoms with Gasteiger partial charge in [-0.25, -0.2) is 9.59 Å². The summed E-state index contributed by atoms with van der Waals surface area (Å²) in [6.45, 7) is -0.324. The van der Waals surface area contributed by atoms with Crippen LogP contribution in [0.2, 0.25) is 0 Å². The van der Waals surface area contributed by atoms with Gasteiger partial charge in [0.15, 0.2) is 11.1 Å². The molecule has 40 heavy (non-hydrogen) atoms. The summed E-state index contributed by atoms with van der Waals surface area (Å²) in [6, 6.07) is 35.0. The number of imide groups is 2. The Bertz CT molecular complexity index is 1380. The molecule has 0 radical (unpaired) electrons. The Labute approximate surface area is 231 Å². The predicted octanol–water partition coefficient (Wildman–Crippen LogP) is 3.98.